The Hall–Kier alpha value is -1.83. The van der Waals surface area contributed by atoms with Crippen LogP contribution in [0.1, 0.15) is 10.4 Å². The summed E-state index contributed by atoms with van der Waals surface area (Å²) in [6.07, 6.45) is 1.05. The van der Waals surface area contributed by atoms with Gasteiger partial charge in [0.1, 0.15) is 5.82 Å². The van der Waals surface area contributed by atoms with Gasteiger partial charge in [0.2, 0.25) is 0 Å². The standard InChI is InChI=1S/C12H8Cl2N2O4S/c13-8-3-9(14)5-10(4-8)21(19,20)16-11-2-1-7(6-15-11)12(17)18/h1-6H,(H,15,16)(H,17,18). The number of carboxylic acids is 1. The molecule has 110 valence electrons. The quantitative estimate of drug-likeness (QED) is 0.887. The van der Waals surface area contributed by atoms with E-state index >= 15 is 0 Å². The number of anilines is 1. The third-order valence-electron chi connectivity index (χ3n) is 2.40. The second-order valence-electron chi connectivity index (χ2n) is 3.95. The molecule has 0 saturated heterocycles. The molecule has 0 aliphatic rings. The average molecular weight is 347 g/mol. The van der Waals surface area contributed by atoms with Crippen molar-refractivity contribution < 1.29 is 18.3 Å². The maximum atomic E-state index is 12.1. The smallest absolute Gasteiger partial charge is 0.337 e. The molecular formula is C12H8Cl2N2O4S. The highest BCUT2D eigenvalue weighted by molar-refractivity contribution is 7.92. The van der Waals surface area contributed by atoms with Crippen molar-refractivity contribution in [2.24, 2.45) is 0 Å². The molecule has 2 N–H and O–H groups in total. The van der Waals surface area contributed by atoms with Crippen LogP contribution in [-0.4, -0.2) is 24.5 Å². The number of carbonyl (C=O) groups is 1. The van der Waals surface area contributed by atoms with Gasteiger partial charge in [-0.25, -0.2) is 18.2 Å². The van der Waals surface area contributed by atoms with Crippen LogP contribution in [0.2, 0.25) is 10.0 Å². The van der Waals surface area contributed by atoms with E-state index in [-0.39, 0.29) is 26.3 Å². The first-order chi connectivity index (χ1) is 9.78. The van der Waals surface area contributed by atoms with Gasteiger partial charge in [-0.3, -0.25) is 4.72 Å². The summed E-state index contributed by atoms with van der Waals surface area (Å²) in [5.74, 6) is -1.17. The lowest BCUT2D eigenvalue weighted by molar-refractivity contribution is 0.0696. The number of nitrogens with zero attached hydrogens (tertiary/aromatic N) is 1. The minimum absolute atomic E-state index is 0.0175. The van der Waals surface area contributed by atoms with Crippen LogP contribution in [0.25, 0.3) is 0 Å². The number of aromatic nitrogens is 1. The monoisotopic (exact) mass is 346 g/mol. The predicted molar refractivity (Wildman–Crippen MR) is 78.5 cm³/mol. The summed E-state index contributed by atoms with van der Waals surface area (Å²) in [5, 5.41) is 9.10. The van der Waals surface area contributed by atoms with E-state index in [1.54, 1.807) is 0 Å². The van der Waals surface area contributed by atoms with E-state index in [0.717, 1.165) is 6.20 Å². The molecule has 0 unspecified atom stereocenters. The van der Waals surface area contributed by atoms with Gasteiger partial charge < -0.3 is 5.11 Å². The lowest BCUT2D eigenvalue weighted by Crippen LogP contribution is -2.14. The number of benzene rings is 1. The van der Waals surface area contributed by atoms with Crippen molar-refractivity contribution in [1.82, 2.24) is 4.98 Å². The van der Waals surface area contributed by atoms with E-state index in [2.05, 4.69) is 9.71 Å². The Kier molecular flexibility index (Phi) is 4.36. The number of halogens is 2. The van der Waals surface area contributed by atoms with Crippen LogP contribution >= 0.6 is 23.2 Å². The van der Waals surface area contributed by atoms with Crippen LogP contribution in [0.4, 0.5) is 5.82 Å². The third-order valence-corrected chi connectivity index (χ3v) is 4.17. The van der Waals surface area contributed by atoms with Crippen LogP contribution < -0.4 is 4.72 Å². The first-order valence-corrected chi connectivity index (χ1v) is 7.70. The third kappa shape index (κ3) is 3.84. The van der Waals surface area contributed by atoms with Gasteiger partial charge in [0.15, 0.2) is 0 Å². The van der Waals surface area contributed by atoms with E-state index in [9.17, 15) is 13.2 Å². The van der Waals surface area contributed by atoms with Crippen LogP contribution in [0, 0.1) is 0 Å². The van der Waals surface area contributed by atoms with Gasteiger partial charge in [0, 0.05) is 16.2 Å². The van der Waals surface area contributed by atoms with Gasteiger partial charge in [-0.15, -0.1) is 0 Å². The fourth-order valence-corrected chi connectivity index (χ4v) is 3.19. The van der Waals surface area contributed by atoms with Gasteiger partial charge in [0.05, 0.1) is 10.5 Å². The minimum atomic E-state index is -3.92. The molecule has 1 aromatic heterocycles. The van der Waals surface area contributed by atoms with Crippen LogP contribution in [0.3, 0.4) is 0 Å². The molecule has 1 heterocycles. The number of hydrogen-bond donors (Lipinski definition) is 2. The molecule has 0 spiro atoms. The number of nitrogens with one attached hydrogen (secondary N) is 1. The van der Waals surface area contributed by atoms with Crippen molar-refractivity contribution in [3.05, 3.63) is 52.1 Å². The first kappa shape index (κ1) is 15.6. The van der Waals surface area contributed by atoms with Gasteiger partial charge >= 0.3 is 5.97 Å². The van der Waals surface area contributed by atoms with Crippen LogP contribution in [-0.2, 0) is 10.0 Å². The molecule has 6 nitrogen and oxygen atoms in total. The number of hydrogen-bond acceptors (Lipinski definition) is 4. The van der Waals surface area contributed by atoms with Gasteiger partial charge in [-0.05, 0) is 30.3 Å². The van der Waals surface area contributed by atoms with Crippen molar-refractivity contribution in [1.29, 1.82) is 0 Å². The molecule has 9 heteroatoms. The molecule has 0 fully saturated rings. The highest BCUT2D eigenvalue weighted by Crippen LogP contribution is 2.23. The van der Waals surface area contributed by atoms with Crippen molar-refractivity contribution in [2.45, 2.75) is 4.90 Å². The Morgan fingerprint density at radius 2 is 1.76 bits per heavy atom. The molecule has 0 atom stereocenters. The van der Waals surface area contributed by atoms with E-state index in [0.29, 0.717) is 0 Å². The Morgan fingerprint density at radius 3 is 2.24 bits per heavy atom. The van der Waals surface area contributed by atoms with Crippen molar-refractivity contribution in [2.75, 3.05) is 4.72 Å². The maximum Gasteiger partial charge on any atom is 0.337 e. The summed E-state index contributed by atoms with van der Waals surface area (Å²) in [6.45, 7) is 0. The maximum absolute atomic E-state index is 12.1. The zero-order valence-corrected chi connectivity index (χ0v) is 12.6. The summed E-state index contributed by atoms with van der Waals surface area (Å²) < 4.78 is 26.5. The summed E-state index contributed by atoms with van der Waals surface area (Å²) in [5.41, 5.74) is -0.0521. The number of aromatic carboxylic acids is 1. The number of rotatable bonds is 4. The molecule has 2 aromatic rings. The average Bonchev–Trinajstić information content (AvgIpc) is 2.37. The molecule has 0 saturated carbocycles. The van der Waals surface area contributed by atoms with E-state index < -0.39 is 16.0 Å². The Bertz CT molecular complexity index is 771. The molecule has 0 bridgehead atoms. The fraction of sp³-hybridized carbons (Fsp3) is 0. The topological polar surface area (TPSA) is 96.4 Å². The van der Waals surface area contributed by atoms with Crippen molar-refractivity contribution in [3.63, 3.8) is 0 Å². The number of carboxylic acid groups (broad SMARTS) is 1. The van der Waals surface area contributed by atoms with Crippen LogP contribution in [0.5, 0.6) is 0 Å². The lowest BCUT2D eigenvalue weighted by atomic mass is 10.3. The summed E-state index contributed by atoms with van der Waals surface area (Å²) in [7, 11) is -3.92. The minimum Gasteiger partial charge on any atom is -0.478 e. The number of pyridine rings is 1. The van der Waals surface area contributed by atoms with Crippen molar-refractivity contribution >= 4 is 45.0 Å². The van der Waals surface area contributed by atoms with E-state index in [1.807, 2.05) is 0 Å². The van der Waals surface area contributed by atoms with Crippen LogP contribution in [0.15, 0.2) is 41.4 Å². The van der Waals surface area contributed by atoms with E-state index in [4.69, 9.17) is 28.3 Å². The fourth-order valence-electron chi connectivity index (χ4n) is 1.46. The van der Waals surface area contributed by atoms with E-state index in [1.165, 1.54) is 30.3 Å². The van der Waals surface area contributed by atoms with Gasteiger partial charge in [-0.1, -0.05) is 23.2 Å². The molecule has 0 amide bonds. The molecule has 0 radical (unpaired) electrons. The molecular weight excluding hydrogens is 339 g/mol. The summed E-state index contributed by atoms with van der Waals surface area (Å²) in [6, 6.07) is 6.36. The second kappa shape index (κ2) is 5.88. The Morgan fingerprint density at radius 1 is 1.14 bits per heavy atom. The Labute approximate surface area is 130 Å². The molecule has 2 rings (SSSR count). The normalized spacial score (nSPS) is 11.1. The molecule has 0 aliphatic carbocycles. The SMILES string of the molecule is O=C(O)c1ccc(NS(=O)(=O)c2cc(Cl)cc(Cl)c2)nc1. The molecule has 0 aliphatic heterocycles. The first-order valence-electron chi connectivity index (χ1n) is 5.46. The number of sulfonamides is 1. The zero-order chi connectivity index (χ0) is 15.6. The highest BCUT2D eigenvalue weighted by Gasteiger charge is 2.16. The zero-order valence-electron chi connectivity index (χ0n) is 10.2. The van der Waals surface area contributed by atoms with Gasteiger partial charge in [0.25, 0.3) is 10.0 Å². The summed E-state index contributed by atoms with van der Waals surface area (Å²) >= 11 is 11.5. The van der Waals surface area contributed by atoms with Crippen molar-refractivity contribution in [3.8, 4) is 0 Å². The Balaban J connectivity index is 2.30. The predicted octanol–water partition coefficient (Wildman–Crippen LogP) is 2.89. The lowest BCUT2D eigenvalue weighted by Gasteiger charge is -2.08. The molecule has 1 aromatic carbocycles. The second-order valence-corrected chi connectivity index (χ2v) is 6.50. The largest absolute Gasteiger partial charge is 0.478 e. The summed E-state index contributed by atoms with van der Waals surface area (Å²) in [4.78, 5) is 14.3. The molecule has 21 heavy (non-hydrogen) atoms. The highest BCUT2D eigenvalue weighted by atomic mass is 35.5. The van der Waals surface area contributed by atoms with Gasteiger partial charge in [-0.2, -0.15) is 0 Å².